The fourth-order valence-corrected chi connectivity index (χ4v) is 1.25. The summed E-state index contributed by atoms with van der Waals surface area (Å²) in [7, 11) is 0. The van der Waals surface area contributed by atoms with E-state index in [1.165, 1.54) is 0 Å². The average molecular weight is 133 g/mol. The predicted molar refractivity (Wildman–Crippen MR) is 36.4 cm³/mol. The number of nitrogens with zero attached hydrogens (tertiary/aromatic N) is 2. The zero-order valence-electron chi connectivity index (χ0n) is 5.75. The van der Waals surface area contributed by atoms with E-state index in [9.17, 15) is 0 Å². The van der Waals surface area contributed by atoms with E-state index in [0.717, 1.165) is 19.3 Å². The molecular formula is C8H9N2. The Labute approximate surface area is 61.1 Å². The standard InChI is InChI=1S/C8H9N2/c9-5-7-2-1-3-8(4-7)6-10/h1,7-8H,2-4H2. The van der Waals surface area contributed by atoms with Crippen LogP contribution in [0.15, 0.2) is 0 Å². The van der Waals surface area contributed by atoms with Crippen LogP contribution >= 0.6 is 0 Å². The molecule has 1 saturated carbocycles. The van der Waals surface area contributed by atoms with Crippen molar-refractivity contribution in [3.05, 3.63) is 6.42 Å². The quantitative estimate of drug-likeness (QED) is 0.504. The fraction of sp³-hybridized carbons (Fsp3) is 0.625. The summed E-state index contributed by atoms with van der Waals surface area (Å²) in [4.78, 5) is 0. The molecular weight excluding hydrogens is 124 g/mol. The topological polar surface area (TPSA) is 47.6 Å². The minimum Gasteiger partial charge on any atom is -0.198 e. The molecule has 1 aliphatic rings. The van der Waals surface area contributed by atoms with Gasteiger partial charge < -0.3 is 0 Å². The van der Waals surface area contributed by atoms with Crippen LogP contribution in [0.3, 0.4) is 0 Å². The zero-order valence-corrected chi connectivity index (χ0v) is 5.75. The van der Waals surface area contributed by atoms with Crippen LogP contribution in [0.1, 0.15) is 19.3 Å². The van der Waals surface area contributed by atoms with Crippen molar-refractivity contribution in [3.63, 3.8) is 0 Å². The third-order valence-electron chi connectivity index (χ3n) is 1.84. The van der Waals surface area contributed by atoms with Crippen molar-refractivity contribution in [1.82, 2.24) is 0 Å². The molecule has 0 heterocycles. The van der Waals surface area contributed by atoms with Crippen LogP contribution < -0.4 is 0 Å². The molecule has 2 heteroatoms. The lowest BCUT2D eigenvalue weighted by atomic mass is 9.83. The maximum Gasteiger partial charge on any atom is 0.0656 e. The van der Waals surface area contributed by atoms with Crippen LogP contribution in [0.2, 0.25) is 0 Å². The number of hydrogen-bond donors (Lipinski definition) is 0. The molecule has 0 amide bonds. The molecule has 1 fully saturated rings. The van der Waals surface area contributed by atoms with Gasteiger partial charge in [0, 0.05) is 11.8 Å². The molecule has 10 heavy (non-hydrogen) atoms. The zero-order chi connectivity index (χ0) is 7.40. The molecule has 1 radical (unpaired) electrons. The molecule has 2 nitrogen and oxygen atoms in total. The van der Waals surface area contributed by atoms with Crippen molar-refractivity contribution in [2.45, 2.75) is 19.3 Å². The molecule has 0 aromatic rings. The highest BCUT2D eigenvalue weighted by Gasteiger charge is 2.20. The van der Waals surface area contributed by atoms with Crippen molar-refractivity contribution in [2.75, 3.05) is 0 Å². The van der Waals surface area contributed by atoms with Crippen molar-refractivity contribution < 1.29 is 0 Å². The van der Waals surface area contributed by atoms with Gasteiger partial charge in [0.25, 0.3) is 0 Å². The maximum absolute atomic E-state index is 8.52. The summed E-state index contributed by atoms with van der Waals surface area (Å²) in [5, 5.41) is 17.0. The molecule has 0 bridgehead atoms. The Bertz CT molecular complexity index is 164. The molecule has 1 aliphatic carbocycles. The van der Waals surface area contributed by atoms with E-state index in [1.54, 1.807) is 0 Å². The highest BCUT2D eigenvalue weighted by Crippen LogP contribution is 2.26. The molecule has 1 rings (SSSR count). The van der Waals surface area contributed by atoms with E-state index in [2.05, 4.69) is 12.1 Å². The summed E-state index contributed by atoms with van der Waals surface area (Å²) in [6, 6.07) is 4.37. The van der Waals surface area contributed by atoms with Gasteiger partial charge >= 0.3 is 0 Å². The van der Waals surface area contributed by atoms with Gasteiger partial charge in [-0.15, -0.1) is 0 Å². The van der Waals surface area contributed by atoms with Crippen LogP contribution in [-0.4, -0.2) is 0 Å². The molecule has 2 unspecified atom stereocenters. The second-order valence-corrected chi connectivity index (χ2v) is 2.65. The third kappa shape index (κ3) is 1.48. The first-order chi connectivity index (χ1) is 4.86. The van der Waals surface area contributed by atoms with Gasteiger partial charge in [-0.2, -0.15) is 10.5 Å². The molecule has 51 valence electrons. The Morgan fingerprint density at radius 3 is 2.00 bits per heavy atom. The lowest BCUT2D eigenvalue weighted by molar-refractivity contribution is 0.427. The summed E-state index contributed by atoms with van der Waals surface area (Å²) in [5.74, 6) is 0.191. The van der Waals surface area contributed by atoms with Crippen molar-refractivity contribution >= 4 is 0 Å². The summed E-state index contributed by atoms with van der Waals surface area (Å²) in [6.07, 6.45) is 4.55. The number of nitriles is 2. The first kappa shape index (κ1) is 7.09. The van der Waals surface area contributed by atoms with Crippen LogP contribution in [0, 0.1) is 40.9 Å². The second-order valence-electron chi connectivity index (χ2n) is 2.65. The van der Waals surface area contributed by atoms with Crippen LogP contribution in [0.4, 0.5) is 0 Å². The van der Waals surface area contributed by atoms with E-state index >= 15 is 0 Å². The van der Waals surface area contributed by atoms with Gasteiger partial charge in [-0.25, -0.2) is 0 Å². The van der Waals surface area contributed by atoms with E-state index in [4.69, 9.17) is 10.5 Å². The van der Waals surface area contributed by atoms with Crippen LogP contribution in [0.5, 0.6) is 0 Å². The average Bonchev–Trinajstić information content (AvgIpc) is 2.05. The maximum atomic E-state index is 8.52. The van der Waals surface area contributed by atoms with Gasteiger partial charge in [0.15, 0.2) is 0 Å². The van der Waals surface area contributed by atoms with Gasteiger partial charge in [0.05, 0.1) is 12.1 Å². The molecule has 0 saturated heterocycles. The van der Waals surface area contributed by atoms with Gasteiger partial charge in [-0.3, -0.25) is 0 Å². The highest BCUT2D eigenvalue weighted by atomic mass is 14.3. The van der Waals surface area contributed by atoms with Crippen molar-refractivity contribution in [3.8, 4) is 12.1 Å². The largest absolute Gasteiger partial charge is 0.198 e. The number of hydrogen-bond acceptors (Lipinski definition) is 2. The summed E-state index contributed by atoms with van der Waals surface area (Å²) in [6.45, 7) is 0. The normalized spacial score (nSPS) is 32.2. The van der Waals surface area contributed by atoms with Gasteiger partial charge in [0.2, 0.25) is 0 Å². The molecule has 0 N–H and O–H groups in total. The van der Waals surface area contributed by atoms with Gasteiger partial charge in [-0.05, 0) is 25.7 Å². The minimum absolute atomic E-state index is 0.0957. The highest BCUT2D eigenvalue weighted by molar-refractivity contribution is 4.99. The minimum atomic E-state index is 0.0957. The first-order valence-corrected chi connectivity index (χ1v) is 3.47. The summed E-state index contributed by atoms with van der Waals surface area (Å²) in [5.41, 5.74) is 0. The van der Waals surface area contributed by atoms with E-state index in [0.29, 0.717) is 0 Å². The molecule has 0 aromatic heterocycles. The first-order valence-electron chi connectivity index (χ1n) is 3.47. The van der Waals surface area contributed by atoms with E-state index < -0.39 is 0 Å². The lowest BCUT2D eigenvalue weighted by Gasteiger charge is -2.18. The van der Waals surface area contributed by atoms with Crippen molar-refractivity contribution in [1.29, 1.82) is 10.5 Å². The molecule has 0 spiro atoms. The molecule has 0 aliphatic heterocycles. The Morgan fingerprint density at radius 1 is 1.10 bits per heavy atom. The molecule has 0 aromatic carbocycles. The second kappa shape index (κ2) is 3.22. The number of rotatable bonds is 0. The van der Waals surface area contributed by atoms with Crippen LogP contribution in [-0.2, 0) is 0 Å². The predicted octanol–water partition coefficient (Wildman–Crippen LogP) is 1.65. The lowest BCUT2D eigenvalue weighted by Crippen LogP contribution is -2.12. The smallest absolute Gasteiger partial charge is 0.0656 e. The monoisotopic (exact) mass is 133 g/mol. The Hall–Kier alpha value is -1.02. The summed E-state index contributed by atoms with van der Waals surface area (Å²) >= 11 is 0. The Morgan fingerprint density at radius 2 is 1.60 bits per heavy atom. The Balaban J connectivity index is 2.43. The van der Waals surface area contributed by atoms with E-state index in [1.807, 2.05) is 6.42 Å². The molecule has 2 atom stereocenters. The van der Waals surface area contributed by atoms with Gasteiger partial charge in [-0.1, -0.05) is 0 Å². The van der Waals surface area contributed by atoms with Crippen LogP contribution in [0.25, 0.3) is 0 Å². The third-order valence-corrected chi connectivity index (χ3v) is 1.84. The summed E-state index contributed by atoms with van der Waals surface area (Å²) < 4.78 is 0. The van der Waals surface area contributed by atoms with Gasteiger partial charge in [0.1, 0.15) is 0 Å². The Kier molecular flexibility index (Phi) is 2.29. The van der Waals surface area contributed by atoms with E-state index in [-0.39, 0.29) is 11.8 Å². The fourth-order valence-electron chi connectivity index (χ4n) is 1.25. The SMILES string of the molecule is N#CC1C[CH]CC(C#N)C1. The van der Waals surface area contributed by atoms with Crippen molar-refractivity contribution in [2.24, 2.45) is 11.8 Å².